The number of hydrogen-bond acceptors (Lipinski definition) is 4. The van der Waals surface area contributed by atoms with Crippen LogP contribution in [0.3, 0.4) is 0 Å². The maximum Gasteiger partial charge on any atom is 0.317 e. The molecular weight excluding hydrogens is 282 g/mol. The van der Waals surface area contributed by atoms with Gasteiger partial charge in [0.05, 0.1) is 19.8 Å². The van der Waals surface area contributed by atoms with Crippen LogP contribution in [0.15, 0.2) is 0 Å². The van der Waals surface area contributed by atoms with Crippen LogP contribution in [0.5, 0.6) is 0 Å². The molecule has 2 aliphatic heterocycles. The van der Waals surface area contributed by atoms with E-state index in [1.165, 1.54) is 0 Å². The van der Waals surface area contributed by atoms with Crippen LogP contribution in [0.25, 0.3) is 0 Å². The molecule has 0 radical (unpaired) electrons. The summed E-state index contributed by atoms with van der Waals surface area (Å²) < 4.78 is 10.8. The predicted octanol–water partition coefficient (Wildman–Crippen LogP) is 0.918. The third-order valence-electron chi connectivity index (χ3n) is 4.95. The maximum absolute atomic E-state index is 12.5. The van der Waals surface area contributed by atoms with E-state index in [9.17, 15) is 4.79 Å². The van der Waals surface area contributed by atoms with Crippen molar-refractivity contribution in [3.05, 3.63) is 0 Å². The molecule has 22 heavy (non-hydrogen) atoms. The van der Waals surface area contributed by atoms with Gasteiger partial charge in [-0.25, -0.2) is 4.79 Å². The summed E-state index contributed by atoms with van der Waals surface area (Å²) in [4.78, 5) is 17.0. The Bertz CT molecular complexity index is 364. The van der Waals surface area contributed by atoms with E-state index in [1.807, 2.05) is 4.90 Å². The van der Waals surface area contributed by atoms with Crippen molar-refractivity contribution in [2.24, 2.45) is 5.92 Å². The van der Waals surface area contributed by atoms with E-state index in [1.54, 1.807) is 0 Å². The molecule has 0 bridgehead atoms. The first-order valence-corrected chi connectivity index (χ1v) is 8.68. The Balaban J connectivity index is 1.44. The molecule has 6 heteroatoms. The first-order valence-electron chi connectivity index (χ1n) is 8.68. The van der Waals surface area contributed by atoms with Gasteiger partial charge in [-0.1, -0.05) is 0 Å². The van der Waals surface area contributed by atoms with E-state index in [4.69, 9.17) is 9.47 Å². The van der Waals surface area contributed by atoms with Crippen LogP contribution in [0.2, 0.25) is 0 Å². The standard InChI is InChI=1S/C16H29N3O3/c1-13(18-5-8-21-9-6-18)10-17-16(20)19(15-2-3-15)11-14-4-7-22-12-14/h13-15H,2-12H2,1H3,(H,17,20). The number of carbonyl (C=O) groups excluding carboxylic acids is 1. The Morgan fingerprint density at radius 2 is 2.00 bits per heavy atom. The van der Waals surface area contributed by atoms with Gasteiger partial charge in [-0.05, 0) is 26.2 Å². The second-order valence-electron chi connectivity index (χ2n) is 6.80. The van der Waals surface area contributed by atoms with Gasteiger partial charge in [-0.3, -0.25) is 4.90 Å². The Kier molecular flexibility index (Phi) is 5.55. The second-order valence-corrected chi connectivity index (χ2v) is 6.80. The lowest BCUT2D eigenvalue weighted by atomic mass is 10.1. The maximum atomic E-state index is 12.5. The van der Waals surface area contributed by atoms with Gasteiger partial charge in [0.25, 0.3) is 0 Å². The van der Waals surface area contributed by atoms with Crippen molar-refractivity contribution in [2.45, 2.75) is 38.3 Å². The first-order chi connectivity index (χ1) is 10.7. The van der Waals surface area contributed by atoms with Crippen LogP contribution in [0.1, 0.15) is 26.2 Å². The summed E-state index contributed by atoms with van der Waals surface area (Å²) in [6.45, 7) is 8.91. The fourth-order valence-electron chi connectivity index (χ4n) is 3.27. The minimum Gasteiger partial charge on any atom is -0.381 e. The van der Waals surface area contributed by atoms with Crippen molar-refractivity contribution in [3.63, 3.8) is 0 Å². The molecule has 0 aromatic rings. The summed E-state index contributed by atoms with van der Waals surface area (Å²) in [7, 11) is 0. The number of morpholine rings is 1. The largest absolute Gasteiger partial charge is 0.381 e. The molecule has 0 aromatic carbocycles. The monoisotopic (exact) mass is 311 g/mol. The number of urea groups is 1. The number of ether oxygens (including phenoxy) is 2. The smallest absolute Gasteiger partial charge is 0.317 e. The molecule has 1 N–H and O–H groups in total. The highest BCUT2D eigenvalue weighted by molar-refractivity contribution is 5.75. The van der Waals surface area contributed by atoms with Gasteiger partial charge >= 0.3 is 6.03 Å². The number of rotatable bonds is 6. The van der Waals surface area contributed by atoms with E-state index < -0.39 is 0 Å². The first kappa shape index (κ1) is 16.0. The molecule has 0 aromatic heterocycles. The van der Waals surface area contributed by atoms with Crippen LogP contribution >= 0.6 is 0 Å². The van der Waals surface area contributed by atoms with Crippen LogP contribution in [-0.2, 0) is 9.47 Å². The highest BCUT2D eigenvalue weighted by atomic mass is 16.5. The summed E-state index contributed by atoms with van der Waals surface area (Å²) >= 11 is 0. The highest BCUT2D eigenvalue weighted by Gasteiger charge is 2.35. The summed E-state index contributed by atoms with van der Waals surface area (Å²) in [5, 5.41) is 3.14. The van der Waals surface area contributed by atoms with Crippen LogP contribution in [0.4, 0.5) is 4.79 Å². The fourth-order valence-corrected chi connectivity index (χ4v) is 3.27. The molecule has 0 spiro atoms. The fraction of sp³-hybridized carbons (Fsp3) is 0.938. The van der Waals surface area contributed by atoms with Crippen LogP contribution in [-0.4, -0.2) is 80.5 Å². The average Bonchev–Trinajstić information content (AvgIpc) is 3.27. The SMILES string of the molecule is CC(CNC(=O)N(CC1CCOC1)C1CC1)N1CCOCC1. The van der Waals surface area contributed by atoms with Crippen molar-refractivity contribution in [2.75, 3.05) is 52.6 Å². The van der Waals surface area contributed by atoms with Gasteiger partial charge in [-0.2, -0.15) is 0 Å². The quantitative estimate of drug-likeness (QED) is 0.792. The second kappa shape index (κ2) is 7.62. The van der Waals surface area contributed by atoms with Gasteiger partial charge in [0.2, 0.25) is 0 Å². The molecule has 126 valence electrons. The number of amides is 2. The zero-order valence-corrected chi connectivity index (χ0v) is 13.6. The minimum atomic E-state index is 0.106. The number of hydrogen-bond donors (Lipinski definition) is 1. The number of carbonyl (C=O) groups is 1. The van der Waals surface area contributed by atoms with E-state index >= 15 is 0 Å². The zero-order valence-electron chi connectivity index (χ0n) is 13.6. The summed E-state index contributed by atoms with van der Waals surface area (Å²) in [5.74, 6) is 0.517. The van der Waals surface area contributed by atoms with E-state index in [2.05, 4.69) is 17.1 Å². The molecule has 1 aliphatic carbocycles. The van der Waals surface area contributed by atoms with Crippen molar-refractivity contribution in [1.82, 2.24) is 15.1 Å². The third-order valence-corrected chi connectivity index (χ3v) is 4.95. The Morgan fingerprint density at radius 3 is 2.64 bits per heavy atom. The number of nitrogens with one attached hydrogen (secondary N) is 1. The van der Waals surface area contributed by atoms with Crippen molar-refractivity contribution in [3.8, 4) is 0 Å². The van der Waals surface area contributed by atoms with Crippen molar-refractivity contribution in [1.29, 1.82) is 0 Å². The molecule has 2 amide bonds. The average molecular weight is 311 g/mol. The zero-order chi connectivity index (χ0) is 15.4. The van der Waals surface area contributed by atoms with E-state index in [0.717, 1.165) is 65.3 Å². The molecule has 2 atom stereocenters. The summed E-state index contributed by atoms with van der Waals surface area (Å²) in [6, 6.07) is 0.928. The van der Waals surface area contributed by atoms with Crippen LogP contribution < -0.4 is 5.32 Å². The lowest BCUT2D eigenvalue weighted by molar-refractivity contribution is 0.0206. The van der Waals surface area contributed by atoms with Crippen molar-refractivity contribution < 1.29 is 14.3 Å². The third kappa shape index (κ3) is 4.33. The van der Waals surface area contributed by atoms with Gasteiger partial charge in [0.1, 0.15) is 0 Å². The lowest BCUT2D eigenvalue weighted by Gasteiger charge is -2.33. The Hall–Kier alpha value is -0.850. The van der Waals surface area contributed by atoms with Gasteiger partial charge in [0, 0.05) is 50.8 Å². The molecular formula is C16H29N3O3. The summed E-state index contributed by atoms with van der Waals surface area (Å²) in [6.07, 6.45) is 3.39. The summed E-state index contributed by atoms with van der Waals surface area (Å²) in [5.41, 5.74) is 0. The number of nitrogens with zero attached hydrogens (tertiary/aromatic N) is 2. The van der Waals surface area contributed by atoms with Crippen LogP contribution in [0, 0.1) is 5.92 Å². The topological polar surface area (TPSA) is 54.0 Å². The van der Waals surface area contributed by atoms with Crippen molar-refractivity contribution >= 4 is 6.03 Å². The van der Waals surface area contributed by atoms with E-state index in [0.29, 0.717) is 24.5 Å². The molecule has 3 rings (SSSR count). The molecule has 2 heterocycles. The Morgan fingerprint density at radius 1 is 1.23 bits per heavy atom. The minimum absolute atomic E-state index is 0.106. The normalized spacial score (nSPS) is 27.6. The lowest BCUT2D eigenvalue weighted by Crippen LogP contribution is -2.50. The molecule has 2 saturated heterocycles. The Labute approximate surface area is 133 Å². The van der Waals surface area contributed by atoms with Gasteiger partial charge in [0.15, 0.2) is 0 Å². The van der Waals surface area contributed by atoms with E-state index in [-0.39, 0.29) is 6.03 Å². The van der Waals surface area contributed by atoms with Gasteiger partial charge < -0.3 is 19.7 Å². The predicted molar refractivity (Wildman–Crippen MR) is 83.9 cm³/mol. The molecule has 3 aliphatic rings. The molecule has 6 nitrogen and oxygen atoms in total. The highest BCUT2D eigenvalue weighted by Crippen LogP contribution is 2.29. The molecule has 3 fully saturated rings. The molecule has 2 unspecified atom stereocenters. The van der Waals surface area contributed by atoms with Gasteiger partial charge in [-0.15, -0.1) is 0 Å². The molecule has 1 saturated carbocycles.